The number of hydrogen-bond acceptors (Lipinski definition) is 2. The Morgan fingerprint density at radius 2 is 2.23 bits per heavy atom. The Balaban J connectivity index is 2.53. The third-order valence-electron chi connectivity index (χ3n) is 2.58. The molecule has 0 spiro atoms. The van der Waals surface area contributed by atoms with Gasteiger partial charge in [-0.25, -0.2) is 0 Å². The molecule has 74 valence electrons. The number of rotatable bonds is 3. The summed E-state index contributed by atoms with van der Waals surface area (Å²) in [6.45, 7) is 2.41. The van der Waals surface area contributed by atoms with E-state index in [1.807, 2.05) is 0 Å². The van der Waals surface area contributed by atoms with Crippen molar-refractivity contribution in [2.45, 2.75) is 45.1 Å². The fraction of sp³-hybridized carbons (Fsp3) is 0.800. The van der Waals surface area contributed by atoms with E-state index in [2.05, 4.69) is 0 Å². The van der Waals surface area contributed by atoms with Crippen LogP contribution in [-0.4, -0.2) is 29.7 Å². The molecule has 1 amide bonds. The van der Waals surface area contributed by atoms with E-state index in [1.165, 1.54) is 6.42 Å². The molecule has 0 aromatic carbocycles. The number of carbonyl (C=O) groups excluding carboxylic acids is 2. The second kappa shape index (κ2) is 5.00. The van der Waals surface area contributed by atoms with Crippen LogP contribution < -0.4 is 0 Å². The van der Waals surface area contributed by atoms with Crippen molar-refractivity contribution in [3.05, 3.63) is 0 Å². The molecule has 0 aliphatic carbocycles. The van der Waals surface area contributed by atoms with E-state index in [9.17, 15) is 9.59 Å². The van der Waals surface area contributed by atoms with Crippen molar-refractivity contribution in [1.29, 1.82) is 0 Å². The highest BCUT2D eigenvalue weighted by atomic mass is 16.1. The monoisotopic (exact) mass is 183 g/mol. The fourth-order valence-electron chi connectivity index (χ4n) is 1.89. The molecule has 1 atom stereocenters. The highest BCUT2D eigenvalue weighted by Gasteiger charge is 2.20. The van der Waals surface area contributed by atoms with Gasteiger partial charge in [0, 0.05) is 19.0 Å². The quantitative estimate of drug-likeness (QED) is 0.620. The van der Waals surface area contributed by atoms with Gasteiger partial charge >= 0.3 is 0 Å². The van der Waals surface area contributed by atoms with Crippen LogP contribution in [0.3, 0.4) is 0 Å². The minimum Gasteiger partial charge on any atom is -0.342 e. The van der Waals surface area contributed by atoms with Crippen molar-refractivity contribution >= 4 is 12.2 Å². The number of ketones is 1. The van der Waals surface area contributed by atoms with Crippen LogP contribution in [-0.2, 0) is 9.59 Å². The lowest BCUT2D eigenvalue weighted by Crippen LogP contribution is -2.34. The maximum absolute atomic E-state index is 10.9. The van der Waals surface area contributed by atoms with E-state index in [0.29, 0.717) is 6.42 Å². The molecule has 1 aliphatic heterocycles. The van der Waals surface area contributed by atoms with Crippen LogP contribution >= 0.6 is 0 Å². The summed E-state index contributed by atoms with van der Waals surface area (Å²) in [4.78, 5) is 23.4. The lowest BCUT2D eigenvalue weighted by Gasteiger charge is -2.24. The molecule has 0 N–H and O–H groups in total. The van der Waals surface area contributed by atoms with E-state index in [0.717, 1.165) is 32.2 Å². The predicted octanol–water partition coefficient (Wildman–Crippen LogP) is 1.37. The van der Waals surface area contributed by atoms with Crippen LogP contribution in [0.15, 0.2) is 0 Å². The summed E-state index contributed by atoms with van der Waals surface area (Å²) in [5.74, 6) is 0.179. The normalized spacial score (nSPS) is 23.8. The molecule has 1 rings (SSSR count). The molecule has 3 nitrogen and oxygen atoms in total. The topological polar surface area (TPSA) is 37.4 Å². The third-order valence-corrected chi connectivity index (χ3v) is 2.58. The van der Waals surface area contributed by atoms with Crippen LogP contribution in [0, 0.1) is 0 Å². The Morgan fingerprint density at radius 1 is 1.46 bits per heavy atom. The molecule has 1 heterocycles. The smallest absolute Gasteiger partial charge is 0.209 e. The number of nitrogens with zero attached hydrogens (tertiary/aromatic N) is 1. The Bertz CT molecular complexity index is 191. The summed E-state index contributed by atoms with van der Waals surface area (Å²) in [6, 6.07) is 0.164. The van der Waals surface area contributed by atoms with Gasteiger partial charge in [0.25, 0.3) is 0 Å². The van der Waals surface area contributed by atoms with Crippen molar-refractivity contribution in [3.63, 3.8) is 0 Å². The first-order chi connectivity index (χ1) is 6.24. The van der Waals surface area contributed by atoms with Gasteiger partial charge in [-0.15, -0.1) is 0 Å². The summed E-state index contributed by atoms with van der Waals surface area (Å²) < 4.78 is 0. The molecule has 3 heteroatoms. The van der Waals surface area contributed by atoms with Crippen LogP contribution in [0.5, 0.6) is 0 Å². The van der Waals surface area contributed by atoms with E-state index >= 15 is 0 Å². The van der Waals surface area contributed by atoms with Gasteiger partial charge in [0.1, 0.15) is 5.78 Å². The third kappa shape index (κ3) is 3.17. The Morgan fingerprint density at radius 3 is 2.85 bits per heavy atom. The second-order valence-corrected chi connectivity index (χ2v) is 3.75. The molecule has 0 saturated carbocycles. The molecule has 1 unspecified atom stereocenters. The molecule has 1 aliphatic rings. The minimum atomic E-state index is 0.164. The van der Waals surface area contributed by atoms with E-state index in [-0.39, 0.29) is 11.8 Å². The summed E-state index contributed by atoms with van der Waals surface area (Å²) >= 11 is 0. The standard InChI is InChI=1S/C10H17NO2/c1-9(13)7-10-5-3-2-4-6-11(10)8-12/h8,10H,2-7H2,1H3. The van der Waals surface area contributed by atoms with Gasteiger partial charge < -0.3 is 4.90 Å². The van der Waals surface area contributed by atoms with Crippen LogP contribution in [0.2, 0.25) is 0 Å². The van der Waals surface area contributed by atoms with Crippen molar-refractivity contribution in [2.75, 3.05) is 6.54 Å². The van der Waals surface area contributed by atoms with E-state index in [1.54, 1.807) is 11.8 Å². The maximum atomic E-state index is 10.9. The fourth-order valence-corrected chi connectivity index (χ4v) is 1.89. The SMILES string of the molecule is CC(=O)CC1CCCCCN1C=O. The zero-order valence-electron chi connectivity index (χ0n) is 8.16. The zero-order valence-corrected chi connectivity index (χ0v) is 8.16. The molecule has 0 aromatic rings. The number of hydrogen-bond donors (Lipinski definition) is 0. The predicted molar refractivity (Wildman–Crippen MR) is 50.3 cm³/mol. The summed E-state index contributed by atoms with van der Waals surface area (Å²) in [7, 11) is 0. The van der Waals surface area contributed by atoms with Crippen molar-refractivity contribution in [1.82, 2.24) is 4.90 Å². The molecular formula is C10H17NO2. The maximum Gasteiger partial charge on any atom is 0.209 e. The lowest BCUT2D eigenvalue weighted by molar-refractivity contribution is -0.122. The minimum absolute atomic E-state index is 0.164. The number of amides is 1. The molecule has 1 saturated heterocycles. The number of likely N-dealkylation sites (tertiary alicyclic amines) is 1. The number of Topliss-reactive ketones (excluding diaryl/α,β-unsaturated/α-hetero) is 1. The van der Waals surface area contributed by atoms with Crippen LogP contribution in [0.4, 0.5) is 0 Å². The highest BCUT2D eigenvalue weighted by Crippen LogP contribution is 2.17. The van der Waals surface area contributed by atoms with Gasteiger partial charge in [-0.1, -0.05) is 12.8 Å². The van der Waals surface area contributed by atoms with Gasteiger partial charge in [0.2, 0.25) is 6.41 Å². The van der Waals surface area contributed by atoms with Gasteiger partial charge in [0.15, 0.2) is 0 Å². The Labute approximate surface area is 79.1 Å². The molecule has 1 fully saturated rings. The largest absolute Gasteiger partial charge is 0.342 e. The first kappa shape index (κ1) is 10.2. The number of carbonyl (C=O) groups is 2. The molecule has 0 bridgehead atoms. The Kier molecular flexibility index (Phi) is 3.93. The highest BCUT2D eigenvalue weighted by molar-refractivity contribution is 5.76. The second-order valence-electron chi connectivity index (χ2n) is 3.75. The van der Waals surface area contributed by atoms with Crippen molar-refractivity contribution < 1.29 is 9.59 Å². The zero-order chi connectivity index (χ0) is 9.68. The van der Waals surface area contributed by atoms with Gasteiger partial charge in [-0.05, 0) is 19.8 Å². The average Bonchev–Trinajstić information content (AvgIpc) is 2.28. The van der Waals surface area contributed by atoms with Crippen LogP contribution in [0.1, 0.15) is 39.0 Å². The lowest BCUT2D eigenvalue weighted by atomic mass is 10.1. The van der Waals surface area contributed by atoms with Gasteiger partial charge in [-0.3, -0.25) is 9.59 Å². The van der Waals surface area contributed by atoms with E-state index in [4.69, 9.17) is 0 Å². The van der Waals surface area contributed by atoms with Crippen molar-refractivity contribution in [3.8, 4) is 0 Å². The summed E-state index contributed by atoms with van der Waals surface area (Å²) in [5, 5.41) is 0. The van der Waals surface area contributed by atoms with E-state index < -0.39 is 0 Å². The van der Waals surface area contributed by atoms with Crippen molar-refractivity contribution in [2.24, 2.45) is 0 Å². The van der Waals surface area contributed by atoms with Gasteiger partial charge in [0.05, 0.1) is 0 Å². The molecule has 0 radical (unpaired) electrons. The first-order valence-corrected chi connectivity index (χ1v) is 4.94. The summed E-state index contributed by atoms with van der Waals surface area (Å²) in [6.07, 6.45) is 5.80. The van der Waals surface area contributed by atoms with Gasteiger partial charge in [-0.2, -0.15) is 0 Å². The molecule has 13 heavy (non-hydrogen) atoms. The molecule has 0 aromatic heterocycles. The Hall–Kier alpha value is -0.860. The van der Waals surface area contributed by atoms with Crippen LogP contribution in [0.25, 0.3) is 0 Å². The summed E-state index contributed by atoms with van der Waals surface area (Å²) in [5.41, 5.74) is 0. The average molecular weight is 183 g/mol. The molecular weight excluding hydrogens is 166 g/mol. The first-order valence-electron chi connectivity index (χ1n) is 4.94.